The number of hydrogen-bond donors (Lipinski definition) is 1. The molecule has 1 heterocycles. The summed E-state index contributed by atoms with van der Waals surface area (Å²) in [7, 11) is 3.43. The van der Waals surface area contributed by atoms with Gasteiger partial charge in [-0.15, -0.1) is 0 Å². The van der Waals surface area contributed by atoms with E-state index in [0.29, 0.717) is 17.9 Å². The highest BCUT2D eigenvalue weighted by Gasteiger charge is 2.45. The Labute approximate surface area is 185 Å². The molecule has 0 spiro atoms. The Hall–Kier alpha value is -2.90. The van der Waals surface area contributed by atoms with Gasteiger partial charge in [0.2, 0.25) is 0 Å². The lowest BCUT2D eigenvalue weighted by Crippen LogP contribution is -2.32. The fourth-order valence-corrected chi connectivity index (χ4v) is 3.74. The molecule has 1 atom stereocenters. The maximum atomic E-state index is 12.6. The zero-order chi connectivity index (χ0) is 22.6. The van der Waals surface area contributed by atoms with Crippen LogP contribution in [0.25, 0.3) is 6.08 Å². The second-order valence-electron chi connectivity index (χ2n) is 7.02. The summed E-state index contributed by atoms with van der Waals surface area (Å²) < 4.78 is 34.8. The van der Waals surface area contributed by atoms with Gasteiger partial charge < -0.3 is 20.1 Å². The number of methoxy groups -OCH3 is 1. The molecule has 1 aliphatic heterocycles. The van der Waals surface area contributed by atoms with Crippen LogP contribution in [0, 0.1) is 0 Å². The van der Waals surface area contributed by atoms with Gasteiger partial charge in [-0.3, -0.25) is 0 Å². The van der Waals surface area contributed by atoms with Gasteiger partial charge in [-0.1, -0.05) is 54.6 Å². The minimum atomic E-state index is -2.97. The van der Waals surface area contributed by atoms with E-state index < -0.39 is 12.2 Å². The van der Waals surface area contributed by atoms with Gasteiger partial charge in [-0.2, -0.15) is 8.78 Å². The summed E-state index contributed by atoms with van der Waals surface area (Å²) in [4.78, 5) is 6.43. The number of guanidine groups is 1. The molecule has 0 amide bonds. The molecule has 164 valence electrons. The van der Waals surface area contributed by atoms with Crippen LogP contribution in [-0.4, -0.2) is 38.2 Å². The Balaban J connectivity index is 2.10. The maximum absolute atomic E-state index is 12.6. The van der Waals surface area contributed by atoms with Crippen molar-refractivity contribution in [2.45, 2.75) is 18.6 Å². The van der Waals surface area contributed by atoms with Crippen molar-refractivity contribution in [2.24, 2.45) is 10.7 Å². The number of halogens is 3. The Morgan fingerprint density at radius 2 is 2.00 bits per heavy atom. The van der Waals surface area contributed by atoms with E-state index in [9.17, 15) is 8.78 Å². The number of hydrogen-bond acceptors (Lipinski definition) is 5. The number of rotatable bonds is 8. The van der Waals surface area contributed by atoms with Crippen LogP contribution in [0.1, 0.15) is 23.1 Å². The van der Waals surface area contributed by atoms with E-state index in [1.165, 1.54) is 6.07 Å². The van der Waals surface area contributed by atoms with Gasteiger partial charge in [0.05, 0.1) is 10.7 Å². The van der Waals surface area contributed by atoms with E-state index in [1.807, 2.05) is 36.4 Å². The van der Waals surface area contributed by atoms with Crippen LogP contribution < -0.4 is 10.5 Å². The maximum Gasteiger partial charge on any atom is 0.387 e. The highest BCUT2D eigenvalue weighted by molar-refractivity contribution is 6.32. The SMILES string of the molecule is C=C1N(C)C(N)=NC1(c1cccc(/C=C/CCOC)c1)c1ccc(OC(F)F)c(Cl)c1. The number of alkyl halides is 2. The van der Waals surface area contributed by atoms with Crippen LogP contribution in [-0.2, 0) is 10.3 Å². The molecule has 0 aliphatic carbocycles. The first-order valence-electron chi connectivity index (χ1n) is 9.59. The van der Waals surface area contributed by atoms with E-state index >= 15 is 0 Å². The summed E-state index contributed by atoms with van der Waals surface area (Å²) in [5.74, 6) is 0.175. The van der Waals surface area contributed by atoms with E-state index in [4.69, 9.17) is 27.1 Å². The Kier molecular flexibility index (Phi) is 6.97. The Bertz CT molecular complexity index is 1030. The first-order valence-corrected chi connectivity index (χ1v) is 9.96. The second kappa shape index (κ2) is 9.49. The van der Waals surface area contributed by atoms with Gasteiger partial charge in [0, 0.05) is 20.8 Å². The van der Waals surface area contributed by atoms with Crippen LogP contribution in [0.2, 0.25) is 5.02 Å². The average Bonchev–Trinajstić information content (AvgIpc) is 2.97. The first kappa shape index (κ1) is 22.8. The lowest BCUT2D eigenvalue weighted by molar-refractivity contribution is -0.0498. The predicted octanol–water partition coefficient (Wildman–Crippen LogP) is 5.01. The van der Waals surface area contributed by atoms with Gasteiger partial charge in [0.15, 0.2) is 11.5 Å². The lowest BCUT2D eigenvalue weighted by Gasteiger charge is -2.30. The molecular formula is C23H24ClF2N3O2. The largest absolute Gasteiger partial charge is 0.433 e. The highest BCUT2D eigenvalue weighted by Crippen LogP contribution is 2.46. The molecule has 5 nitrogen and oxygen atoms in total. The molecule has 8 heteroatoms. The van der Waals surface area contributed by atoms with E-state index in [0.717, 1.165) is 17.5 Å². The van der Waals surface area contributed by atoms with Crippen molar-refractivity contribution in [3.8, 4) is 5.75 Å². The summed E-state index contributed by atoms with van der Waals surface area (Å²) in [6.07, 6.45) is 4.81. The summed E-state index contributed by atoms with van der Waals surface area (Å²) in [6, 6.07) is 12.4. The topological polar surface area (TPSA) is 60.1 Å². The van der Waals surface area contributed by atoms with Crippen molar-refractivity contribution < 1.29 is 18.3 Å². The molecule has 0 radical (unpaired) electrons. The van der Waals surface area contributed by atoms with Crippen LogP contribution in [0.4, 0.5) is 8.78 Å². The second-order valence-corrected chi connectivity index (χ2v) is 7.43. The van der Waals surface area contributed by atoms with Gasteiger partial charge in [-0.05, 0) is 41.3 Å². The normalized spacial score (nSPS) is 18.8. The van der Waals surface area contributed by atoms with Crippen LogP contribution >= 0.6 is 11.6 Å². The molecule has 0 saturated carbocycles. The molecule has 0 fully saturated rings. The van der Waals surface area contributed by atoms with E-state index in [-0.39, 0.29) is 16.7 Å². The number of likely N-dealkylation sites (N-methyl/N-ethyl adjacent to an activating group) is 1. The summed E-state index contributed by atoms with van der Waals surface area (Å²) in [6.45, 7) is 1.87. The van der Waals surface area contributed by atoms with Crippen molar-refractivity contribution in [1.82, 2.24) is 4.90 Å². The quantitative estimate of drug-likeness (QED) is 0.578. The number of benzene rings is 2. The number of nitrogens with two attached hydrogens (primary N) is 1. The average molecular weight is 448 g/mol. The fraction of sp³-hybridized carbons (Fsp3) is 0.261. The molecule has 1 unspecified atom stereocenters. The molecule has 1 aliphatic rings. The van der Waals surface area contributed by atoms with Crippen LogP contribution in [0.3, 0.4) is 0 Å². The first-order chi connectivity index (χ1) is 14.8. The summed E-state index contributed by atoms with van der Waals surface area (Å²) in [5, 5.41) is 0.0453. The van der Waals surface area contributed by atoms with Gasteiger partial charge in [-0.25, -0.2) is 4.99 Å². The zero-order valence-electron chi connectivity index (χ0n) is 17.3. The monoisotopic (exact) mass is 447 g/mol. The minimum Gasteiger partial charge on any atom is -0.433 e. The van der Waals surface area contributed by atoms with Gasteiger partial charge in [0.1, 0.15) is 5.75 Å². The van der Waals surface area contributed by atoms with E-state index in [1.54, 1.807) is 31.2 Å². The third-order valence-electron chi connectivity index (χ3n) is 5.12. The third kappa shape index (κ3) is 4.57. The number of aliphatic imine (C=N–C) groups is 1. The molecule has 0 saturated heterocycles. The summed E-state index contributed by atoms with van der Waals surface area (Å²) in [5.41, 5.74) is 8.11. The molecule has 3 rings (SSSR count). The summed E-state index contributed by atoms with van der Waals surface area (Å²) >= 11 is 6.25. The van der Waals surface area contributed by atoms with Crippen molar-refractivity contribution in [2.75, 3.05) is 20.8 Å². The molecule has 0 aromatic heterocycles. The number of ether oxygens (including phenoxy) is 2. The third-order valence-corrected chi connectivity index (χ3v) is 5.41. The molecule has 0 bridgehead atoms. The smallest absolute Gasteiger partial charge is 0.387 e. The highest BCUT2D eigenvalue weighted by atomic mass is 35.5. The molecule has 31 heavy (non-hydrogen) atoms. The van der Waals surface area contributed by atoms with Crippen LogP contribution in [0.15, 0.2) is 65.8 Å². The minimum absolute atomic E-state index is 0.0453. The molecule has 2 aromatic rings. The lowest BCUT2D eigenvalue weighted by atomic mass is 9.80. The fourth-order valence-electron chi connectivity index (χ4n) is 3.51. The molecular weight excluding hydrogens is 424 g/mol. The molecule has 2 N–H and O–H groups in total. The van der Waals surface area contributed by atoms with Crippen molar-refractivity contribution in [3.63, 3.8) is 0 Å². The van der Waals surface area contributed by atoms with Gasteiger partial charge >= 0.3 is 6.61 Å². The molecule has 2 aromatic carbocycles. The van der Waals surface area contributed by atoms with Crippen molar-refractivity contribution >= 4 is 23.6 Å². The van der Waals surface area contributed by atoms with Crippen molar-refractivity contribution in [1.29, 1.82) is 0 Å². The predicted molar refractivity (Wildman–Crippen MR) is 119 cm³/mol. The standard InChI is InChI=1S/C23H24ClF2N3O2/c1-15-23(28-22(27)29(15)2,18-10-11-20(19(24)14-18)31-21(25)26)17-9-6-8-16(13-17)7-4-5-12-30-3/h4,6-11,13-14,21H,1,5,12H2,2-3H3,(H2,27,28)/b7-4+. The number of nitrogens with zero attached hydrogens (tertiary/aromatic N) is 2. The van der Waals surface area contributed by atoms with Crippen molar-refractivity contribution in [3.05, 3.63) is 82.5 Å². The van der Waals surface area contributed by atoms with Gasteiger partial charge in [0.25, 0.3) is 0 Å². The Morgan fingerprint density at radius 1 is 1.26 bits per heavy atom. The van der Waals surface area contributed by atoms with Crippen LogP contribution in [0.5, 0.6) is 5.75 Å². The Morgan fingerprint density at radius 3 is 2.61 bits per heavy atom. The zero-order valence-corrected chi connectivity index (χ0v) is 18.1. The van der Waals surface area contributed by atoms with E-state index in [2.05, 4.69) is 11.3 Å².